The van der Waals surface area contributed by atoms with Crippen molar-refractivity contribution in [3.05, 3.63) is 52.5 Å². The maximum atomic E-state index is 12.4. The van der Waals surface area contributed by atoms with E-state index in [0.717, 1.165) is 22.6 Å². The van der Waals surface area contributed by atoms with Crippen molar-refractivity contribution in [3.63, 3.8) is 0 Å². The zero-order chi connectivity index (χ0) is 15.6. The second-order valence-electron chi connectivity index (χ2n) is 5.30. The van der Waals surface area contributed by atoms with Gasteiger partial charge in [0.2, 0.25) is 0 Å². The highest BCUT2D eigenvalue weighted by Gasteiger charge is 2.18. The van der Waals surface area contributed by atoms with Crippen molar-refractivity contribution in [2.24, 2.45) is 0 Å². The zero-order valence-corrected chi connectivity index (χ0v) is 13.2. The second kappa shape index (κ2) is 6.14. The first-order valence-electron chi connectivity index (χ1n) is 7.09. The van der Waals surface area contributed by atoms with E-state index in [9.17, 15) is 4.79 Å². The molecule has 1 unspecified atom stereocenters. The van der Waals surface area contributed by atoms with E-state index in [0.29, 0.717) is 11.3 Å². The molecule has 0 bridgehead atoms. The van der Waals surface area contributed by atoms with E-state index in [1.807, 2.05) is 52.1 Å². The third kappa shape index (κ3) is 3.16. The number of rotatable bonds is 4. The van der Waals surface area contributed by atoms with Crippen molar-refractivity contribution >= 4 is 11.6 Å². The van der Waals surface area contributed by atoms with Crippen LogP contribution >= 0.6 is 0 Å². The molecule has 1 aromatic heterocycles. The fourth-order valence-corrected chi connectivity index (χ4v) is 2.37. The Morgan fingerprint density at radius 2 is 1.90 bits per heavy atom. The smallest absolute Gasteiger partial charge is 0.259 e. The van der Waals surface area contributed by atoms with Gasteiger partial charge in [0, 0.05) is 17.3 Å². The fourth-order valence-electron chi connectivity index (χ4n) is 2.37. The quantitative estimate of drug-likeness (QED) is 0.900. The summed E-state index contributed by atoms with van der Waals surface area (Å²) in [6.45, 7) is 7.66. The van der Waals surface area contributed by atoms with Gasteiger partial charge < -0.3 is 15.1 Å². The number of hydrogen-bond acceptors (Lipinski definition) is 3. The van der Waals surface area contributed by atoms with Crippen LogP contribution in [0.5, 0.6) is 0 Å². The van der Waals surface area contributed by atoms with Crippen molar-refractivity contribution in [1.82, 2.24) is 5.32 Å². The molecule has 4 heteroatoms. The predicted molar refractivity (Wildman–Crippen MR) is 84.8 cm³/mol. The predicted octanol–water partition coefficient (Wildman–Crippen LogP) is 3.74. The number of carbonyl (C=O) groups excluding carboxylic acids is 1. The molecule has 0 aliphatic rings. The molecular formula is C17H22N2O2. The molecule has 0 spiro atoms. The Bertz CT molecular complexity index is 659. The lowest BCUT2D eigenvalue weighted by molar-refractivity contribution is 0.102. The summed E-state index contributed by atoms with van der Waals surface area (Å²) in [7, 11) is 1.91. The van der Waals surface area contributed by atoms with Crippen molar-refractivity contribution in [1.29, 1.82) is 0 Å². The van der Waals surface area contributed by atoms with Crippen LogP contribution < -0.4 is 10.6 Å². The minimum atomic E-state index is -0.129. The highest BCUT2D eigenvalue weighted by Crippen LogP contribution is 2.23. The van der Waals surface area contributed by atoms with Crippen molar-refractivity contribution in [3.8, 4) is 0 Å². The first-order chi connectivity index (χ1) is 9.93. The Kier molecular flexibility index (Phi) is 4.48. The average molecular weight is 286 g/mol. The van der Waals surface area contributed by atoms with E-state index in [-0.39, 0.29) is 11.9 Å². The first kappa shape index (κ1) is 15.3. The standard InChI is InChI=1S/C17H22N2O2/c1-10-12(3)21-13(4)16(10)17(20)19-15-8-6-7-14(9-15)11(2)18-5/h6-9,11,18H,1-5H3,(H,19,20). The molecule has 1 amide bonds. The lowest BCUT2D eigenvalue weighted by Crippen LogP contribution is -2.15. The van der Waals surface area contributed by atoms with E-state index < -0.39 is 0 Å². The number of amides is 1. The summed E-state index contributed by atoms with van der Waals surface area (Å²) in [5.74, 6) is 1.31. The molecule has 21 heavy (non-hydrogen) atoms. The van der Waals surface area contributed by atoms with Crippen molar-refractivity contribution < 1.29 is 9.21 Å². The third-order valence-corrected chi connectivity index (χ3v) is 3.87. The van der Waals surface area contributed by atoms with Gasteiger partial charge in [-0.15, -0.1) is 0 Å². The Hall–Kier alpha value is -2.07. The molecule has 0 fully saturated rings. The zero-order valence-electron chi connectivity index (χ0n) is 13.2. The SMILES string of the molecule is CNC(C)c1cccc(NC(=O)c2c(C)oc(C)c2C)c1. The minimum absolute atomic E-state index is 0.129. The van der Waals surface area contributed by atoms with Crippen LogP contribution in [0.1, 0.15) is 46.0 Å². The Morgan fingerprint density at radius 1 is 1.19 bits per heavy atom. The number of anilines is 1. The molecule has 0 aliphatic heterocycles. The molecule has 1 atom stereocenters. The van der Waals surface area contributed by atoms with Gasteiger partial charge in [-0.05, 0) is 52.4 Å². The molecule has 1 heterocycles. The molecule has 2 N–H and O–H groups in total. The number of nitrogens with one attached hydrogen (secondary N) is 2. The van der Waals surface area contributed by atoms with E-state index in [2.05, 4.69) is 17.6 Å². The van der Waals surface area contributed by atoms with Crippen LogP contribution in [-0.2, 0) is 0 Å². The molecule has 0 saturated carbocycles. The lowest BCUT2D eigenvalue weighted by atomic mass is 10.1. The van der Waals surface area contributed by atoms with Crippen molar-refractivity contribution in [2.45, 2.75) is 33.7 Å². The monoisotopic (exact) mass is 286 g/mol. The van der Waals surface area contributed by atoms with E-state index in [1.54, 1.807) is 0 Å². The average Bonchev–Trinajstić information content (AvgIpc) is 2.71. The first-order valence-corrected chi connectivity index (χ1v) is 7.09. The molecule has 4 nitrogen and oxygen atoms in total. The number of aryl methyl sites for hydroxylation is 2. The largest absolute Gasteiger partial charge is 0.466 e. The number of benzene rings is 1. The minimum Gasteiger partial charge on any atom is -0.466 e. The van der Waals surface area contributed by atoms with Gasteiger partial charge in [-0.1, -0.05) is 12.1 Å². The maximum Gasteiger partial charge on any atom is 0.259 e. The normalized spacial score (nSPS) is 12.2. The number of furan rings is 1. The Labute approximate surface area is 125 Å². The Balaban J connectivity index is 2.24. The highest BCUT2D eigenvalue weighted by atomic mass is 16.3. The second-order valence-corrected chi connectivity index (χ2v) is 5.30. The summed E-state index contributed by atoms with van der Waals surface area (Å²) in [6, 6.07) is 8.09. The molecule has 0 radical (unpaired) electrons. The summed E-state index contributed by atoms with van der Waals surface area (Å²) in [4.78, 5) is 12.4. The molecule has 1 aromatic carbocycles. The molecule has 2 aromatic rings. The van der Waals surface area contributed by atoms with E-state index >= 15 is 0 Å². The van der Waals surface area contributed by atoms with Gasteiger partial charge in [-0.3, -0.25) is 4.79 Å². The molecule has 0 aliphatic carbocycles. The van der Waals surface area contributed by atoms with Crippen LogP contribution in [0.25, 0.3) is 0 Å². The number of hydrogen-bond donors (Lipinski definition) is 2. The van der Waals surface area contributed by atoms with Gasteiger partial charge in [-0.2, -0.15) is 0 Å². The van der Waals surface area contributed by atoms with Crippen molar-refractivity contribution in [2.75, 3.05) is 12.4 Å². The van der Waals surface area contributed by atoms with Gasteiger partial charge in [0.05, 0.1) is 5.56 Å². The van der Waals surface area contributed by atoms with Gasteiger partial charge in [0.25, 0.3) is 5.91 Å². The maximum absolute atomic E-state index is 12.4. The molecular weight excluding hydrogens is 264 g/mol. The van der Waals surface area contributed by atoms with Crippen LogP contribution in [0.2, 0.25) is 0 Å². The summed E-state index contributed by atoms with van der Waals surface area (Å²) >= 11 is 0. The van der Waals surface area contributed by atoms with Crippen LogP contribution in [0.4, 0.5) is 5.69 Å². The molecule has 2 rings (SSSR count). The van der Waals surface area contributed by atoms with Gasteiger partial charge in [0.15, 0.2) is 0 Å². The Morgan fingerprint density at radius 3 is 2.48 bits per heavy atom. The molecule has 0 saturated heterocycles. The van der Waals surface area contributed by atoms with E-state index in [1.165, 1.54) is 0 Å². The third-order valence-electron chi connectivity index (χ3n) is 3.87. The van der Waals surface area contributed by atoms with Gasteiger partial charge in [-0.25, -0.2) is 0 Å². The van der Waals surface area contributed by atoms with Gasteiger partial charge in [0.1, 0.15) is 11.5 Å². The van der Waals surface area contributed by atoms with Crippen LogP contribution in [0, 0.1) is 20.8 Å². The van der Waals surface area contributed by atoms with Crippen LogP contribution in [-0.4, -0.2) is 13.0 Å². The molecule has 112 valence electrons. The summed E-state index contributed by atoms with van der Waals surface area (Å²) in [6.07, 6.45) is 0. The van der Waals surface area contributed by atoms with Crippen LogP contribution in [0.15, 0.2) is 28.7 Å². The topological polar surface area (TPSA) is 54.3 Å². The summed E-state index contributed by atoms with van der Waals surface area (Å²) in [5.41, 5.74) is 3.44. The van der Waals surface area contributed by atoms with Crippen LogP contribution in [0.3, 0.4) is 0 Å². The summed E-state index contributed by atoms with van der Waals surface area (Å²) < 4.78 is 5.51. The fraction of sp³-hybridized carbons (Fsp3) is 0.353. The highest BCUT2D eigenvalue weighted by molar-refractivity contribution is 6.06. The van der Waals surface area contributed by atoms with Gasteiger partial charge >= 0.3 is 0 Å². The lowest BCUT2D eigenvalue weighted by Gasteiger charge is -2.12. The number of carbonyl (C=O) groups is 1. The van der Waals surface area contributed by atoms with E-state index in [4.69, 9.17) is 4.42 Å². The summed E-state index contributed by atoms with van der Waals surface area (Å²) in [5, 5.41) is 6.13.